The van der Waals surface area contributed by atoms with Gasteiger partial charge in [-0.3, -0.25) is 4.79 Å². The van der Waals surface area contributed by atoms with E-state index >= 15 is 0 Å². The van der Waals surface area contributed by atoms with Gasteiger partial charge in [-0.2, -0.15) is 0 Å². The number of carbonyl (C=O) groups excluding carboxylic acids is 1. The van der Waals surface area contributed by atoms with Crippen LogP contribution in [0.3, 0.4) is 0 Å². The Morgan fingerprint density at radius 2 is 1.81 bits per heavy atom. The maximum absolute atomic E-state index is 12.5. The summed E-state index contributed by atoms with van der Waals surface area (Å²) in [6.07, 6.45) is 3.62. The molecule has 0 spiro atoms. The number of aromatic nitrogens is 1. The normalized spacial score (nSPS) is 14.6. The maximum atomic E-state index is 12.5. The van der Waals surface area contributed by atoms with Crippen molar-refractivity contribution in [3.63, 3.8) is 0 Å². The number of pyridine rings is 1. The average Bonchev–Trinajstić information content (AvgIpc) is 3.37. The molecule has 10 heteroatoms. The van der Waals surface area contributed by atoms with Crippen LogP contribution in [-0.2, 0) is 12.8 Å². The van der Waals surface area contributed by atoms with E-state index in [1.807, 2.05) is 42.5 Å². The predicted octanol–water partition coefficient (Wildman–Crippen LogP) is 4.79. The van der Waals surface area contributed by atoms with Crippen molar-refractivity contribution in [2.45, 2.75) is 51.2 Å². The molecule has 43 heavy (non-hydrogen) atoms. The monoisotopic (exact) mass is 601 g/mol. The van der Waals surface area contributed by atoms with E-state index in [9.17, 15) is 19.8 Å². The molecule has 2 aromatic heterocycles. The molecule has 0 saturated carbocycles. The zero-order chi connectivity index (χ0) is 30.3. The molecular weight excluding hydrogens is 562 g/mol. The highest BCUT2D eigenvalue weighted by molar-refractivity contribution is 7.21. The summed E-state index contributed by atoms with van der Waals surface area (Å²) in [5.41, 5.74) is 10.1. The highest BCUT2D eigenvalue weighted by atomic mass is 32.1. The molecule has 1 unspecified atom stereocenters. The zero-order valence-corrected chi connectivity index (χ0v) is 25.2. The third kappa shape index (κ3) is 7.33. The minimum absolute atomic E-state index is 0.123. The average molecular weight is 602 g/mol. The van der Waals surface area contributed by atoms with E-state index in [1.165, 1.54) is 5.56 Å². The molecule has 5 rings (SSSR count). The van der Waals surface area contributed by atoms with E-state index in [2.05, 4.69) is 28.5 Å². The lowest BCUT2D eigenvalue weighted by molar-refractivity contribution is 0.0703. The number of nitrogens with one attached hydrogen (secondary N) is 2. The van der Waals surface area contributed by atoms with Crippen LogP contribution >= 0.6 is 11.3 Å². The second-order valence-electron chi connectivity index (χ2n) is 11.0. The fourth-order valence-electron chi connectivity index (χ4n) is 5.60. The molecule has 9 nitrogen and oxygen atoms in total. The lowest BCUT2D eigenvalue weighted by atomic mass is 10.0. The van der Waals surface area contributed by atoms with Gasteiger partial charge in [-0.1, -0.05) is 55.8 Å². The Balaban J connectivity index is 1.11. The van der Waals surface area contributed by atoms with Gasteiger partial charge >= 0.3 is 5.97 Å². The number of anilines is 2. The Kier molecular flexibility index (Phi) is 9.91. The van der Waals surface area contributed by atoms with Crippen LogP contribution in [0.25, 0.3) is 10.2 Å². The summed E-state index contributed by atoms with van der Waals surface area (Å²) in [5, 5.41) is 27.6. The number of aryl methyl sites for hydroxylation is 1. The van der Waals surface area contributed by atoms with Crippen molar-refractivity contribution in [2.24, 2.45) is 0 Å². The van der Waals surface area contributed by atoms with Crippen LogP contribution < -0.4 is 21.3 Å². The number of fused-ring (bicyclic) bond motifs is 1. The Hall–Kier alpha value is -3.99. The Morgan fingerprint density at radius 3 is 2.49 bits per heavy atom. The smallest absolute Gasteiger partial charge is 0.348 e. The molecule has 0 bridgehead atoms. The van der Waals surface area contributed by atoms with Gasteiger partial charge in [-0.05, 0) is 60.6 Å². The number of nitrogens with zero attached hydrogens (tertiary/aromatic N) is 2. The number of nitrogen functional groups attached to an aromatic ring is 1. The maximum Gasteiger partial charge on any atom is 0.348 e. The van der Waals surface area contributed by atoms with Crippen LogP contribution in [0.5, 0.6) is 0 Å². The largest absolute Gasteiger partial charge is 0.477 e. The molecule has 1 fully saturated rings. The minimum atomic E-state index is -1.02. The first-order valence-corrected chi connectivity index (χ1v) is 15.7. The van der Waals surface area contributed by atoms with Crippen LogP contribution in [0, 0.1) is 0 Å². The molecule has 0 aliphatic carbocycles. The standard InChI is InChI=1S/C33H39N5O4S/c1-2-6-24-19-27(37-32-28(24)29(34)30(43-32)33(41)42)38-17-14-25(15-18-38)36-20-26(39)22-9-11-23(12-10-22)31(40)35-16-13-21-7-4-3-5-8-21/h3-5,7-12,19,25-26,36,39H,2,6,13-18,20,34H2,1H3,(H,35,40)(H,41,42). The van der Waals surface area contributed by atoms with E-state index in [4.69, 9.17) is 10.7 Å². The van der Waals surface area contributed by atoms with Gasteiger partial charge in [0.1, 0.15) is 15.5 Å². The van der Waals surface area contributed by atoms with Crippen LogP contribution in [0.1, 0.15) is 69.0 Å². The molecule has 2 aromatic carbocycles. The number of aliphatic hydroxyl groups excluding tert-OH is 1. The second kappa shape index (κ2) is 14.0. The van der Waals surface area contributed by atoms with Crippen molar-refractivity contribution < 1.29 is 19.8 Å². The first-order chi connectivity index (χ1) is 20.8. The zero-order valence-electron chi connectivity index (χ0n) is 24.4. The molecule has 0 radical (unpaired) electrons. The first kappa shape index (κ1) is 30.5. The number of piperidine rings is 1. The van der Waals surface area contributed by atoms with Gasteiger partial charge < -0.3 is 31.5 Å². The molecular formula is C33H39N5O4S. The number of thiophene rings is 1. The summed E-state index contributed by atoms with van der Waals surface area (Å²) in [5.74, 6) is -0.284. The van der Waals surface area contributed by atoms with Crippen molar-refractivity contribution in [2.75, 3.05) is 36.8 Å². The van der Waals surface area contributed by atoms with Crippen molar-refractivity contribution in [3.8, 4) is 0 Å². The van der Waals surface area contributed by atoms with Gasteiger partial charge in [0.15, 0.2) is 0 Å². The van der Waals surface area contributed by atoms with E-state index in [-0.39, 0.29) is 16.8 Å². The number of aliphatic hydroxyl groups is 1. The van der Waals surface area contributed by atoms with E-state index in [0.29, 0.717) is 29.2 Å². The Bertz CT molecular complexity index is 1550. The lowest BCUT2D eigenvalue weighted by Gasteiger charge is -2.34. The van der Waals surface area contributed by atoms with Crippen LogP contribution in [-0.4, -0.2) is 59.3 Å². The number of nitrogens with two attached hydrogens (primary N) is 1. The Labute approximate surface area is 255 Å². The van der Waals surface area contributed by atoms with E-state index < -0.39 is 12.1 Å². The molecule has 226 valence electrons. The van der Waals surface area contributed by atoms with Gasteiger partial charge in [0, 0.05) is 43.2 Å². The quantitative estimate of drug-likeness (QED) is 0.156. The number of carbonyl (C=O) groups is 2. The SMILES string of the molecule is CCCc1cc(N2CCC(NCC(O)c3ccc(C(=O)NCCc4ccccc4)cc3)CC2)nc2sc(C(=O)O)c(N)c12. The number of benzene rings is 2. The highest BCUT2D eigenvalue weighted by Gasteiger charge is 2.24. The third-order valence-corrected chi connectivity index (χ3v) is 9.09. The fraction of sp³-hybridized carbons (Fsp3) is 0.364. The van der Waals surface area contributed by atoms with E-state index in [1.54, 1.807) is 12.1 Å². The number of amides is 1. The molecule has 1 aliphatic heterocycles. The Morgan fingerprint density at radius 1 is 1.09 bits per heavy atom. The van der Waals surface area contributed by atoms with Crippen LogP contribution in [0.2, 0.25) is 0 Å². The number of aromatic carboxylic acids is 1. The summed E-state index contributed by atoms with van der Waals surface area (Å²) >= 11 is 1.14. The number of hydrogen-bond acceptors (Lipinski definition) is 8. The highest BCUT2D eigenvalue weighted by Crippen LogP contribution is 2.37. The molecule has 1 saturated heterocycles. The molecule has 1 atom stereocenters. The summed E-state index contributed by atoms with van der Waals surface area (Å²) < 4.78 is 0. The predicted molar refractivity (Wildman–Crippen MR) is 172 cm³/mol. The molecule has 6 N–H and O–H groups in total. The molecule has 1 aliphatic rings. The van der Waals surface area contributed by atoms with Crippen molar-refractivity contribution in [3.05, 3.63) is 87.8 Å². The van der Waals surface area contributed by atoms with Crippen molar-refractivity contribution >= 4 is 44.9 Å². The van der Waals surface area contributed by atoms with Crippen LogP contribution in [0.15, 0.2) is 60.7 Å². The lowest BCUT2D eigenvalue weighted by Crippen LogP contribution is -2.44. The van der Waals surface area contributed by atoms with Crippen molar-refractivity contribution in [1.29, 1.82) is 0 Å². The second-order valence-corrected chi connectivity index (χ2v) is 12.0. The summed E-state index contributed by atoms with van der Waals surface area (Å²) in [6.45, 7) is 4.69. The summed E-state index contributed by atoms with van der Waals surface area (Å²) in [4.78, 5) is 32.0. The number of hydrogen-bond donors (Lipinski definition) is 5. The molecule has 1 amide bonds. The molecule has 4 aromatic rings. The van der Waals surface area contributed by atoms with Gasteiger partial charge in [0.2, 0.25) is 0 Å². The third-order valence-electron chi connectivity index (χ3n) is 8.00. The van der Waals surface area contributed by atoms with E-state index in [0.717, 1.165) is 78.9 Å². The first-order valence-electron chi connectivity index (χ1n) is 14.9. The van der Waals surface area contributed by atoms with Gasteiger partial charge in [-0.25, -0.2) is 9.78 Å². The fourth-order valence-corrected chi connectivity index (χ4v) is 6.58. The van der Waals surface area contributed by atoms with Gasteiger partial charge in [-0.15, -0.1) is 11.3 Å². The van der Waals surface area contributed by atoms with Gasteiger partial charge in [0.25, 0.3) is 5.91 Å². The molecule has 3 heterocycles. The van der Waals surface area contributed by atoms with Crippen LogP contribution in [0.4, 0.5) is 11.5 Å². The summed E-state index contributed by atoms with van der Waals surface area (Å²) in [6, 6.07) is 19.5. The van der Waals surface area contributed by atoms with Crippen molar-refractivity contribution in [1.82, 2.24) is 15.6 Å². The minimum Gasteiger partial charge on any atom is -0.477 e. The number of carboxylic acid groups (broad SMARTS) is 1. The topological polar surface area (TPSA) is 141 Å². The van der Waals surface area contributed by atoms with Gasteiger partial charge in [0.05, 0.1) is 11.8 Å². The number of carboxylic acids is 1. The number of rotatable bonds is 12. The summed E-state index contributed by atoms with van der Waals surface area (Å²) in [7, 11) is 0.